The molecule has 3 rings (SSSR count). The fraction of sp³-hybridized carbons (Fsp3) is 0.188. The van der Waals surface area contributed by atoms with Gasteiger partial charge in [-0.05, 0) is 41.6 Å². The zero-order valence-electron chi connectivity index (χ0n) is 12.4. The second-order valence-electron chi connectivity index (χ2n) is 4.85. The monoisotopic (exact) mass is 320 g/mol. The van der Waals surface area contributed by atoms with Gasteiger partial charge in [0.05, 0.1) is 12.0 Å². The molecule has 0 bridgehead atoms. The van der Waals surface area contributed by atoms with Crippen LogP contribution in [0.3, 0.4) is 0 Å². The molecule has 0 fully saturated rings. The van der Waals surface area contributed by atoms with E-state index in [4.69, 9.17) is 4.74 Å². The van der Waals surface area contributed by atoms with Crippen LogP contribution >= 0.6 is 11.8 Å². The van der Waals surface area contributed by atoms with E-state index >= 15 is 0 Å². The Balaban J connectivity index is 2.27. The predicted molar refractivity (Wildman–Crippen MR) is 84.4 cm³/mol. The molecule has 0 saturated heterocycles. The number of thioether (sulfide) groups is 1. The Hall–Kier alpha value is -2.08. The number of ether oxygens (including phenoxy) is 1. The average Bonchev–Trinajstić information content (AvgIpc) is 2.87. The highest BCUT2D eigenvalue weighted by molar-refractivity contribution is 7.98. The largest absolute Gasteiger partial charge is 0.494 e. The third-order valence-electron chi connectivity index (χ3n) is 3.49. The molecular weight excluding hydrogens is 306 g/mol. The Morgan fingerprint density at radius 1 is 1.18 bits per heavy atom. The molecule has 0 unspecified atom stereocenters. The SMILES string of the molecule is COc1ccc(-c2cc(F)c(SC)c(F)c2)c2cn(C)nc12. The highest BCUT2D eigenvalue weighted by Gasteiger charge is 2.16. The zero-order valence-corrected chi connectivity index (χ0v) is 13.2. The van der Waals surface area contributed by atoms with Crippen LogP contribution in [0.15, 0.2) is 35.4 Å². The summed E-state index contributed by atoms with van der Waals surface area (Å²) in [5.74, 6) is -0.494. The summed E-state index contributed by atoms with van der Waals surface area (Å²) < 4.78 is 35.0. The number of hydrogen-bond acceptors (Lipinski definition) is 3. The predicted octanol–water partition coefficient (Wildman–Crippen LogP) is 4.25. The van der Waals surface area contributed by atoms with Crippen LogP contribution in [0.1, 0.15) is 0 Å². The number of aryl methyl sites for hydroxylation is 1. The highest BCUT2D eigenvalue weighted by atomic mass is 32.2. The summed E-state index contributed by atoms with van der Waals surface area (Å²) in [5.41, 5.74) is 1.86. The summed E-state index contributed by atoms with van der Waals surface area (Å²) in [7, 11) is 3.36. The number of methoxy groups -OCH3 is 1. The molecule has 0 radical (unpaired) electrons. The van der Waals surface area contributed by atoms with Crippen molar-refractivity contribution in [3.05, 3.63) is 42.1 Å². The molecule has 114 valence electrons. The lowest BCUT2D eigenvalue weighted by Gasteiger charge is -2.09. The van der Waals surface area contributed by atoms with E-state index in [0.717, 1.165) is 17.1 Å². The molecule has 3 nitrogen and oxygen atoms in total. The topological polar surface area (TPSA) is 27.1 Å². The first-order chi connectivity index (χ1) is 10.5. The molecule has 3 aromatic rings. The van der Waals surface area contributed by atoms with Crippen molar-refractivity contribution in [3.8, 4) is 16.9 Å². The lowest BCUT2D eigenvalue weighted by molar-refractivity contribution is 0.418. The molecule has 0 spiro atoms. The maximum absolute atomic E-state index is 14.0. The van der Waals surface area contributed by atoms with Crippen molar-refractivity contribution in [2.45, 2.75) is 4.90 Å². The molecule has 0 aliphatic heterocycles. The molecule has 0 amide bonds. The number of aromatic nitrogens is 2. The van der Waals surface area contributed by atoms with Gasteiger partial charge in [-0.1, -0.05) is 0 Å². The van der Waals surface area contributed by atoms with Crippen LogP contribution in [0.5, 0.6) is 5.75 Å². The van der Waals surface area contributed by atoms with Gasteiger partial charge in [-0.25, -0.2) is 8.78 Å². The fourth-order valence-corrected chi connectivity index (χ4v) is 3.03. The molecule has 1 aromatic heterocycles. The van der Waals surface area contributed by atoms with E-state index in [1.807, 2.05) is 6.20 Å². The van der Waals surface area contributed by atoms with Crippen molar-refractivity contribution in [1.82, 2.24) is 9.78 Å². The van der Waals surface area contributed by atoms with Crippen molar-refractivity contribution in [2.24, 2.45) is 7.05 Å². The molecule has 0 atom stereocenters. The molecule has 0 N–H and O–H groups in total. The van der Waals surface area contributed by atoms with Crippen LogP contribution in [-0.4, -0.2) is 23.1 Å². The van der Waals surface area contributed by atoms with Crippen LogP contribution in [-0.2, 0) is 7.05 Å². The van der Waals surface area contributed by atoms with E-state index in [2.05, 4.69) is 5.10 Å². The molecule has 0 aliphatic carbocycles. The average molecular weight is 320 g/mol. The van der Waals surface area contributed by atoms with Crippen LogP contribution in [0.25, 0.3) is 22.0 Å². The lowest BCUT2D eigenvalue weighted by atomic mass is 10.0. The van der Waals surface area contributed by atoms with Crippen molar-refractivity contribution in [3.63, 3.8) is 0 Å². The third-order valence-corrected chi connectivity index (χ3v) is 4.29. The second-order valence-corrected chi connectivity index (χ2v) is 5.67. The van der Waals surface area contributed by atoms with Gasteiger partial charge in [-0.15, -0.1) is 11.8 Å². The van der Waals surface area contributed by atoms with Crippen molar-refractivity contribution in [2.75, 3.05) is 13.4 Å². The molecular formula is C16H14F2N2OS. The van der Waals surface area contributed by atoms with E-state index in [9.17, 15) is 8.78 Å². The summed E-state index contributed by atoms with van der Waals surface area (Å²) >= 11 is 1.05. The Bertz CT molecular complexity index is 838. The molecule has 0 aliphatic rings. The standard InChI is InChI=1S/C16H14F2N2OS/c1-20-8-11-10(4-5-14(21-2)15(11)19-20)9-6-12(17)16(22-3)13(18)7-9/h4-8H,1-3H3. The minimum Gasteiger partial charge on any atom is -0.494 e. The Morgan fingerprint density at radius 3 is 2.45 bits per heavy atom. The van der Waals surface area contributed by atoms with Crippen molar-refractivity contribution >= 4 is 22.7 Å². The second kappa shape index (κ2) is 5.61. The van der Waals surface area contributed by atoms with Gasteiger partial charge in [-0.2, -0.15) is 5.10 Å². The van der Waals surface area contributed by atoms with Crippen molar-refractivity contribution in [1.29, 1.82) is 0 Å². The van der Waals surface area contributed by atoms with Gasteiger partial charge in [0.1, 0.15) is 22.9 Å². The highest BCUT2D eigenvalue weighted by Crippen LogP contribution is 2.36. The Kier molecular flexibility index (Phi) is 3.78. The molecule has 6 heteroatoms. The lowest BCUT2D eigenvalue weighted by Crippen LogP contribution is -1.91. The van der Waals surface area contributed by atoms with Crippen LogP contribution in [0.4, 0.5) is 8.78 Å². The van der Waals surface area contributed by atoms with Gasteiger partial charge in [0.25, 0.3) is 0 Å². The van der Waals surface area contributed by atoms with E-state index in [-0.39, 0.29) is 4.90 Å². The van der Waals surface area contributed by atoms with Crippen LogP contribution in [0, 0.1) is 11.6 Å². The maximum Gasteiger partial charge on any atom is 0.147 e. The van der Waals surface area contributed by atoms with E-state index < -0.39 is 11.6 Å². The first-order valence-corrected chi connectivity index (χ1v) is 7.81. The smallest absolute Gasteiger partial charge is 0.147 e. The van der Waals surface area contributed by atoms with E-state index in [1.54, 1.807) is 37.2 Å². The number of benzene rings is 2. The fourth-order valence-electron chi connectivity index (χ4n) is 2.52. The number of halogens is 2. The Morgan fingerprint density at radius 2 is 1.86 bits per heavy atom. The van der Waals surface area contributed by atoms with Gasteiger partial charge in [0.2, 0.25) is 0 Å². The van der Waals surface area contributed by atoms with Gasteiger partial charge in [0, 0.05) is 18.6 Å². The third kappa shape index (κ3) is 2.33. The van der Waals surface area contributed by atoms with Gasteiger partial charge >= 0.3 is 0 Å². The summed E-state index contributed by atoms with van der Waals surface area (Å²) in [6.07, 6.45) is 3.46. The van der Waals surface area contributed by atoms with Gasteiger partial charge in [-0.3, -0.25) is 4.68 Å². The number of hydrogen-bond donors (Lipinski definition) is 0. The first-order valence-electron chi connectivity index (χ1n) is 6.59. The van der Waals surface area contributed by atoms with Gasteiger partial charge in [0.15, 0.2) is 0 Å². The quantitative estimate of drug-likeness (QED) is 0.675. The van der Waals surface area contributed by atoms with E-state index in [1.165, 1.54) is 12.1 Å². The zero-order chi connectivity index (χ0) is 15.9. The van der Waals surface area contributed by atoms with E-state index in [0.29, 0.717) is 22.4 Å². The first kappa shape index (κ1) is 14.8. The van der Waals surface area contributed by atoms with Crippen molar-refractivity contribution < 1.29 is 13.5 Å². The maximum atomic E-state index is 14.0. The number of rotatable bonds is 3. The summed E-state index contributed by atoms with van der Waals surface area (Å²) in [6.45, 7) is 0. The summed E-state index contributed by atoms with van der Waals surface area (Å²) in [6, 6.07) is 6.24. The number of fused-ring (bicyclic) bond motifs is 1. The van der Waals surface area contributed by atoms with Gasteiger partial charge < -0.3 is 4.74 Å². The minimum absolute atomic E-state index is 0.0275. The molecule has 1 heterocycles. The molecule has 2 aromatic carbocycles. The normalized spacial score (nSPS) is 11.1. The minimum atomic E-state index is -0.560. The summed E-state index contributed by atoms with van der Waals surface area (Å²) in [5, 5.41) is 5.14. The summed E-state index contributed by atoms with van der Waals surface area (Å²) in [4.78, 5) is 0.0275. The molecule has 22 heavy (non-hydrogen) atoms. The Labute approximate surface area is 130 Å². The van der Waals surface area contributed by atoms with Crippen LogP contribution in [0.2, 0.25) is 0 Å². The van der Waals surface area contributed by atoms with Crippen LogP contribution < -0.4 is 4.74 Å². The number of nitrogens with zero attached hydrogens (tertiary/aromatic N) is 2. The molecule has 0 saturated carbocycles.